The molecule has 3 saturated heterocycles. The number of nitrogens with zero attached hydrogens (tertiary/aromatic N) is 16. The predicted molar refractivity (Wildman–Crippen MR) is 372 cm³/mol. The highest BCUT2D eigenvalue weighted by Gasteiger charge is 2.50. The monoisotopic (exact) mass is 1490 g/mol. The number of methoxy groups -OCH3 is 2. The summed E-state index contributed by atoms with van der Waals surface area (Å²) in [5.41, 5.74) is 21.3. The van der Waals surface area contributed by atoms with Gasteiger partial charge >= 0.3 is 15.6 Å². The Morgan fingerprint density at radius 1 is 0.529 bits per heavy atom. The summed E-state index contributed by atoms with van der Waals surface area (Å²) in [4.78, 5) is 39.1. The zero-order chi connectivity index (χ0) is 73.1. The number of anilines is 3. The highest BCUT2D eigenvalue weighted by molar-refractivity contribution is 7.48. The van der Waals surface area contributed by atoms with Gasteiger partial charge in [-0.1, -0.05) is 54.6 Å². The Morgan fingerprint density at radius 3 is 1.32 bits per heavy atom. The summed E-state index contributed by atoms with van der Waals surface area (Å²) in [6.45, 7) is 5.68. The van der Waals surface area contributed by atoms with Crippen molar-refractivity contribution in [3.05, 3.63) is 134 Å². The van der Waals surface area contributed by atoms with Crippen LogP contribution in [0.3, 0.4) is 0 Å². The van der Waals surface area contributed by atoms with E-state index < -0.39 is 112 Å². The third-order valence-corrected chi connectivity index (χ3v) is 22.5. The number of hydrogen-bond acceptors (Lipinski definition) is 32. The number of phosphoric acid groups is 2. The Labute approximate surface area is 598 Å². The number of hydrogen-bond donors (Lipinski definition) is 3. The molecular weight excluding hydrogens is 1410 g/mol. The quantitative estimate of drug-likeness (QED) is 0.0189. The topological polar surface area (TPSA) is 447 Å². The van der Waals surface area contributed by atoms with Crippen LogP contribution in [0.5, 0.6) is 11.5 Å². The van der Waals surface area contributed by atoms with Crippen molar-refractivity contribution in [2.45, 2.75) is 139 Å². The lowest BCUT2D eigenvalue weighted by atomic mass is 9.80. The van der Waals surface area contributed by atoms with Crippen molar-refractivity contribution in [2.24, 2.45) is 0 Å². The summed E-state index contributed by atoms with van der Waals surface area (Å²) in [5, 5.41) is 29.2. The van der Waals surface area contributed by atoms with E-state index in [2.05, 4.69) is 50.9 Å². The highest BCUT2D eigenvalue weighted by atomic mass is 31.2. The van der Waals surface area contributed by atoms with Gasteiger partial charge in [0.25, 0.3) is 8.53 Å². The Balaban J connectivity index is 0.873. The average Bonchev–Trinajstić information content (AvgIpc) is 1.34. The standard InChI is InChI=1S/C66H78N19O16P3/c1-41(2)85(42(3)4)102(91-26-10-23-67)99-48-29-54(82-38-79-57-60(70)73-35-76-63(57)82)97-52(48)33-94-103(86,92-27-11-24-68)101-50-31-56(84-40-81-59-62(72)75-37-78-65(59)84)98-53(50)34-95-104(87,93-28-12-25-69)100-49-30-55(83-39-80-58-61(71)74-36-77-64(58)83)96-51(49)32-90-66(43-13-8-7-9-14-43,44-15-19-46(88-5)20-16-44)45-17-21-47(89-6)22-18-45/h7-9,13-22,35-42,48-56H,10-12,26-34H2,1-6H3,(H2,70,73,76)(H2,71,74,77)(H2,72,75,78)/t48-,49-,50-,51+,52+,53+,54+,55+,56+,102?,103?,104?/m0/s1. The van der Waals surface area contributed by atoms with Crippen LogP contribution in [-0.2, 0) is 69.9 Å². The fourth-order valence-electron chi connectivity index (χ4n) is 12.6. The smallest absolute Gasteiger partial charge is 0.475 e. The number of fused-ring (bicyclic) bond motifs is 3. The lowest BCUT2D eigenvalue weighted by molar-refractivity contribution is -0.0948. The van der Waals surface area contributed by atoms with Crippen LogP contribution < -0.4 is 26.7 Å². The number of imidazole rings is 3. The number of nitriles is 3. The van der Waals surface area contributed by atoms with Crippen molar-refractivity contribution >= 4 is 75.1 Å². The lowest BCUT2D eigenvalue weighted by Gasteiger charge is -2.37. The number of aromatic nitrogens is 12. The van der Waals surface area contributed by atoms with E-state index in [0.717, 1.165) is 5.56 Å². The molecule has 0 radical (unpaired) electrons. The number of nitrogens with two attached hydrogens (primary N) is 3. The van der Waals surface area contributed by atoms with Crippen LogP contribution in [0.4, 0.5) is 17.5 Å². The maximum Gasteiger partial charge on any atom is 0.475 e. The molecule has 104 heavy (non-hydrogen) atoms. The normalized spacial score (nSPS) is 22.1. The first kappa shape index (κ1) is 74.9. The van der Waals surface area contributed by atoms with E-state index in [4.69, 9.17) is 81.8 Å². The maximum absolute atomic E-state index is 15.9. The second-order valence-corrected chi connectivity index (χ2v) is 29.3. The number of rotatable bonds is 35. The molecule has 9 heterocycles. The maximum atomic E-state index is 15.9. The van der Waals surface area contributed by atoms with E-state index in [1.807, 2.05) is 123 Å². The van der Waals surface area contributed by atoms with E-state index in [1.165, 1.54) is 38.0 Å². The van der Waals surface area contributed by atoms with Crippen molar-refractivity contribution in [1.29, 1.82) is 15.8 Å². The van der Waals surface area contributed by atoms with Gasteiger partial charge in [-0.25, -0.2) is 58.7 Å². The lowest BCUT2D eigenvalue weighted by Crippen LogP contribution is -2.38. The molecule has 3 aromatic carbocycles. The van der Waals surface area contributed by atoms with Crippen LogP contribution in [0, 0.1) is 34.0 Å². The molecule has 548 valence electrons. The van der Waals surface area contributed by atoms with Crippen molar-refractivity contribution < 1.29 is 73.7 Å². The first-order valence-corrected chi connectivity index (χ1v) is 37.3. The molecule has 12 rings (SSSR count). The molecule has 3 unspecified atom stereocenters. The first-order chi connectivity index (χ1) is 50.4. The number of nitrogen functional groups attached to an aromatic ring is 3. The van der Waals surface area contributed by atoms with Crippen LogP contribution in [-0.4, -0.2) is 166 Å². The Kier molecular flexibility index (Phi) is 24.1. The van der Waals surface area contributed by atoms with Gasteiger partial charge < -0.3 is 54.7 Å². The molecule has 0 saturated carbocycles. The molecule has 12 atom stereocenters. The van der Waals surface area contributed by atoms with Crippen LogP contribution >= 0.6 is 24.2 Å². The van der Waals surface area contributed by atoms with Crippen molar-refractivity contribution in [2.75, 3.05) is 71.1 Å². The van der Waals surface area contributed by atoms with Crippen molar-refractivity contribution in [3.63, 3.8) is 0 Å². The Hall–Kier alpha value is -8.85. The van der Waals surface area contributed by atoms with Gasteiger partial charge in [-0.3, -0.25) is 40.8 Å². The van der Waals surface area contributed by atoms with Gasteiger partial charge in [-0.2, -0.15) is 15.8 Å². The zero-order valence-electron chi connectivity index (χ0n) is 57.6. The minimum atomic E-state index is -4.97. The average molecular weight is 1490 g/mol. The molecule has 3 fully saturated rings. The fourth-order valence-corrected chi connectivity index (χ4v) is 17.1. The first-order valence-electron chi connectivity index (χ1n) is 33.3. The molecule has 6 N–H and O–H groups in total. The molecule has 0 spiro atoms. The highest BCUT2D eigenvalue weighted by Crippen LogP contribution is 2.58. The van der Waals surface area contributed by atoms with Gasteiger partial charge in [-0.05, 0) is 68.7 Å². The van der Waals surface area contributed by atoms with E-state index in [1.54, 1.807) is 27.9 Å². The van der Waals surface area contributed by atoms with Crippen LogP contribution in [0.15, 0.2) is 117 Å². The molecule has 3 aliphatic heterocycles. The second-order valence-electron chi connectivity index (χ2n) is 24.6. The Bertz CT molecular complexity index is 4560. The van der Waals surface area contributed by atoms with E-state index in [0.29, 0.717) is 45.0 Å². The molecule has 35 nitrogen and oxygen atoms in total. The van der Waals surface area contributed by atoms with Gasteiger partial charge in [0, 0.05) is 31.3 Å². The fraction of sp³-hybridized carbons (Fsp3) is 0.455. The Morgan fingerprint density at radius 2 is 0.913 bits per heavy atom. The molecule has 9 aromatic rings. The summed E-state index contributed by atoms with van der Waals surface area (Å²) in [5.74, 6) is 1.53. The summed E-state index contributed by atoms with van der Waals surface area (Å²) < 4.78 is 129. The molecule has 0 bridgehead atoms. The molecule has 0 aliphatic carbocycles. The van der Waals surface area contributed by atoms with Crippen LogP contribution in [0.1, 0.15) is 102 Å². The van der Waals surface area contributed by atoms with Crippen LogP contribution in [0.2, 0.25) is 0 Å². The number of benzene rings is 3. The molecule has 6 aromatic heterocycles. The van der Waals surface area contributed by atoms with Gasteiger partial charge in [0.05, 0.1) is 116 Å². The molecule has 38 heteroatoms. The third kappa shape index (κ3) is 16.5. The van der Waals surface area contributed by atoms with E-state index in [-0.39, 0.29) is 92.4 Å². The summed E-state index contributed by atoms with van der Waals surface area (Å²) >= 11 is 0. The number of phosphoric ester groups is 2. The molecule has 0 amide bonds. The van der Waals surface area contributed by atoms with E-state index >= 15 is 9.13 Å². The summed E-state index contributed by atoms with van der Waals surface area (Å²) in [6, 6.07) is 30.4. The molecular formula is C66H78N19O16P3. The van der Waals surface area contributed by atoms with Gasteiger partial charge in [0.2, 0.25) is 0 Å². The third-order valence-electron chi connectivity index (χ3n) is 17.4. The number of ether oxygens (including phenoxy) is 6. The van der Waals surface area contributed by atoms with Crippen molar-refractivity contribution in [3.8, 4) is 29.7 Å². The molecule has 3 aliphatic rings. The van der Waals surface area contributed by atoms with Gasteiger partial charge in [0.15, 0.2) is 34.4 Å². The summed E-state index contributed by atoms with van der Waals surface area (Å²) in [7, 11) is -8.65. The minimum Gasteiger partial charge on any atom is -0.497 e. The minimum absolute atomic E-state index is 0.0573. The predicted octanol–water partition coefficient (Wildman–Crippen LogP) is 9.68. The van der Waals surface area contributed by atoms with Gasteiger partial charge in [0.1, 0.15) is 102 Å². The zero-order valence-corrected chi connectivity index (χ0v) is 60.3. The van der Waals surface area contributed by atoms with E-state index in [9.17, 15) is 15.8 Å². The summed E-state index contributed by atoms with van der Waals surface area (Å²) in [6.07, 6.45) is -2.04. The van der Waals surface area contributed by atoms with Gasteiger partial charge in [-0.15, -0.1) is 0 Å². The largest absolute Gasteiger partial charge is 0.497 e. The van der Waals surface area contributed by atoms with Crippen LogP contribution in [0.25, 0.3) is 33.5 Å². The SMILES string of the molecule is COc1ccc(C(OC[C@H]2O[C@@H](n3cnc4c(N)ncnc43)C[C@@H]2OP(=O)(OCCC#N)OC[C@H]2O[C@@H](n3cnc4c(N)ncnc43)C[C@@H]2OP(=O)(OCCC#N)OC[C@H]2O[C@@H](n3cnc4c(N)ncnc43)C[C@@H]2OP(OCCC#N)N(C(C)C)C(C)C)(c2ccccc2)c2ccc(OC)cc2)cc1. The second kappa shape index (κ2) is 33.5. The van der Waals surface area contributed by atoms with Crippen molar-refractivity contribution in [1.82, 2.24) is 63.2 Å².